The highest BCUT2D eigenvalue weighted by Crippen LogP contribution is 2.12. The highest BCUT2D eigenvalue weighted by atomic mass is 16.7. The number of hydrogen-bond donors (Lipinski definition) is 2. The van der Waals surface area contributed by atoms with Crippen LogP contribution in [0.1, 0.15) is 13.8 Å². The quantitative estimate of drug-likeness (QED) is 0.709. The maximum atomic E-state index is 5.17. The van der Waals surface area contributed by atoms with Crippen molar-refractivity contribution in [1.82, 2.24) is 20.4 Å². The lowest BCUT2D eigenvalue weighted by molar-refractivity contribution is 0.209. The molecular weight excluding hydrogens is 220 g/mol. The number of nitrogens with zero attached hydrogens (tertiary/aromatic N) is 4. The van der Waals surface area contributed by atoms with Gasteiger partial charge in [0.05, 0.1) is 0 Å². The third-order valence-electron chi connectivity index (χ3n) is 1.65. The fourth-order valence-electron chi connectivity index (χ4n) is 0.961. The average molecular weight is 238 g/mol. The topological polar surface area (TPSA) is 75.2 Å². The van der Waals surface area contributed by atoms with E-state index in [1.165, 1.54) is 0 Å². The molecule has 0 amide bonds. The standard InChI is InChI=1S/C10H18N6O/c1-6-11-8-12-9(16(4)5)14-10(13-8)17-15-7(2)3/h15H,2,6H2,1,3-5H3,(H,11,12,13,14). The van der Waals surface area contributed by atoms with E-state index in [-0.39, 0.29) is 6.01 Å². The van der Waals surface area contributed by atoms with Crippen molar-refractivity contribution in [2.45, 2.75) is 13.8 Å². The number of nitrogens with one attached hydrogen (secondary N) is 2. The molecule has 7 nitrogen and oxygen atoms in total. The number of aromatic nitrogens is 3. The van der Waals surface area contributed by atoms with Crippen LogP contribution in [0.15, 0.2) is 12.3 Å². The molecule has 0 radical (unpaired) electrons. The van der Waals surface area contributed by atoms with Crippen LogP contribution in [0.25, 0.3) is 0 Å². The minimum Gasteiger partial charge on any atom is -0.354 e. The molecule has 1 aromatic heterocycles. The van der Waals surface area contributed by atoms with Crippen molar-refractivity contribution in [1.29, 1.82) is 0 Å². The zero-order valence-corrected chi connectivity index (χ0v) is 10.6. The van der Waals surface area contributed by atoms with Gasteiger partial charge in [-0.2, -0.15) is 15.0 Å². The molecule has 0 aromatic carbocycles. The Labute approximate surface area is 101 Å². The number of hydrogen-bond acceptors (Lipinski definition) is 7. The first kappa shape index (κ1) is 13.0. The summed E-state index contributed by atoms with van der Waals surface area (Å²) in [6, 6.07) is 0.197. The van der Waals surface area contributed by atoms with E-state index in [0.29, 0.717) is 17.6 Å². The number of hydroxylamine groups is 1. The lowest BCUT2D eigenvalue weighted by Crippen LogP contribution is -2.20. The van der Waals surface area contributed by atoms with Crippen molar-refractivity contribution < 1.29 is 4.84 Å². The minimum absolute atomic E-state index is 0.197. The van der Waals surface area contributed by atoms with Crippen molar-refractivity contribution in [2.75, 3.05) is 30.9 Å². The van der Waals surface area contributed by atoms with Gasteiger partial charge >= 0.3 is 6.01 Å². The van der Waals surface area contributed by atoms with E-state index in [1.54, 1.807) is 11.8 Å². The third-order valence-corrected chi connectivity index (χ3v) is 1.65. The van der Waals surface area contributed by atoms with Crippen LogP contribution in [0.4, 0.5) is 11.9 Å². The van der Waals surface area contributed by atoms with Crippen LogP contribution in [0.5, 0.6) is 6.01 Å². The molecule has 0 saturated heterocycles. The molecule has 0 saturated carbocycles. The van der Waals surface area contributed by atoms with Gasteiger partial charge in [-0.25, -0.2) is 5.48 Å². The molecule has 1 rings (SSSR count). The molecule has 0 bridgehead atoms. The molecule has 7 heteroatoms. The molecule has 94 valence electrons. The average Bonchev–Trinajstić information content (AvgIpc) is 2.26. The lowest BCUT2D eigenvalue weighted by Gasteiger charge is -2.13. The lowest BCUT2D eigenvalue weighted by atomic mass is 10.6. The van der Waals surface area contributed by atoms with Crippen molar-refractivity contribution >= 4 is 11.9 Å². The maximum absolute atomic E-state index is 5.17. The second-order valence-electron chi connectivity index (χ2n) is 3.65. The summed E-state index contributed by atoms with van der Waals surface area (Å²) in [6.45, 7) is 8.12. The summed E-state index contributed by atoms with van der Waals surface area (Å²) in [5.74, 6) is 0.999. The van der Waals surface area contributed by atoms with Gasteiger partial charge in [-0.1, -0.05) is 6.58 Å². The zero-order chi connectivity index (χ0) is 12.8. The molecule has 0 aliphatic heterocycles. The van der Waals surface area contributed by atoms with Gasteiger partial charge in [0.2, 0.25) is 11.9 Å². The summed E-state index contributed by atoms with van der Waals surface area (Å²) in [5, 5.41) is 3.01. The minimum atomic E-state index is 0.197. The predicted molar refractivity (Wildman–Crippen MR) is 66.9 cm³/mol. The van der Waals surface area contributed by atoms with Crippen LogP contribution in [-0.4, -0.2) is 35.6 Å². The summed E-state index contributed by atoms with van der Waals surface area (Å²) in [5.41, 5.74) is 3.27. The molecular formula is C10H18N6O. The molecule has 0 unspecified atom stereocenters. The molecule has 0 spiro atoms. The van der Waals surface area contributed by atoms with Crippen LogP contribution < -0.4 is 20.5 Å². The number of rotatable bonds is 6. The van der Waals surface area contributed by atoms with Gasteiger partial charge in [0.1, 0.15) is 0 Å². The van der Waals surface area contributed by atoms with Gasteiger partial charge < -0.3 is 15.1 Å². The normalized spacial score (nSPS) is 9.65. The van der Waals surface area contributed by atoms with E-state index in [4.69, 9.17) is 4.84 Å². The Morgan fingerprint density at radius 3 is 2.59 bits per heavy atom. The number of anilines is 2. The van der Waals surface area contributed by atoms with Crippen LogP contribution in [0.3, 0.4) is 0 Å². The third kappa shape index (κ3) is 4.13. The molecule has 1 heterocycles. The van der Waals surface area contributed by atoms with Crippen molar-refractivity contribution in [2.24, 2.45) is 0 Å². The van der Waals surface area contributed by atoms with Crippen LogP contribution in [0, 0.1) is 0 Å². The Morgan fingerprint density at radius 2 is 2.06 bits per heavy atom. The van der Waals surface area contributed by atoms with Gasteiger partial charge in [0, 0.05) is 26.3 Å². The Hall–Kier alpha value is -2.05. The molecule has 1 aromatic rings. The van der Waals surface area contributed by atoms with Crippen molar-refractivity contribution in [3.63, 3.8) is 0 Å². The molecule has 2 N–H and O–H groups in total. The van der Waals surface area contributed by atoms with E-state index < -0.39 is 0 Å². The highest BCUT2D eigenvalue weighted by Gasteiger charge is 2.08. The Kier molecular flexibility index (Phi) is 4.50. The summed E-state index contributed by atoms with van der Waals surface area (Å²) in [4.78, 5) is 19.4. The van der Waals surface area contributed by atoms with Crippen molar-refractivity contribution in [3.05, 3.63) is 12.3 Å². The Bertz CT molecular complexity index is 392. The monoisotopic (exact) mass is 238 g/mol. The highest BCUT2D eigenvalue weighted by molar-refractivity contribution is 5.36. The van der Waals surface area contributed by atoms with Gasteiger partial charge in [-0.05, 0) is 13.8 Å². The van der Waals surface area contributed by atoms with E-state index in [9.17, 15) is 0 Å². The van der Waals surface area contributed by atoms with E-state index in [1.807, 2.05) is 21.0 Å². The van der Waals surface area contributed by atoms with E-state index >= 15 is 0 Å². The molecule has 0 fully saturated rings. The Balaban J connectivity index is 2.90. The first-order chi connectivity index (χ1) is 8.02. The molecule has 0 aliphatic rings. The number of allylic oxidation sites excluding steroid dienone is 1. The van der Waals surface area contributed by atoms with Gasteiger partial charge in [-0.15, -0.1) is 0 Å². The second-order valence-corrected chi connectivity index (χ2v) is 3.65. The summed E-state index contributed by atoms with van der Waals surface area (Å²) in [7, 11) is 3.70. The van der Waals surface area contributed by atoms with Crippen LogP contribution >= 0.6 is 0 Å². The molecule has 17 heavy (non-hydrogen) atoms. The summed E-state index contributed by atoms with van der Waals surface area (Å²) >= 11 is 0. The van der Waals surface area contributed by atoms with Crippen LogP contribution in [-0.2, 0) is 0 Å². The summed E-state index contributed by atoms with van der Waals surface area (Å²) < 4.78 is 0. The SMILES string of the molecule is C=C(C)NOc1nc(NCC)nc(N(C)C)n1. The van der Waals surface area contributed by atoms with E-state index in [2.05, 4.69) is 32.3 Å². The van der Waals surface area contributed by atoms with Crippen molar-refractivity contribution in [3.8, 4) is 6.01 Å². The smallest absolute Gasteiger partial charge is 0.349 e. The maximum Gasteiger partial charge on any atom is 0.349 e. The molecule has 0 atom stereocenters. The predicted octanol–water partition coefficient (Wildman–Crippen LogP) is 0.786. The fourth-order valence-corrected chi connectivity index (χ4v) is 0.961. The van der Waals surface area contributed by atoms with Gasteiger partial charge in [0.25, 0.3) is 0 Å². The van der Waals surface area contributed by atoms with Gasteiger partial charge in [-0.3, -0.25) is 0 Å². The summed E-state index contributed by atoms with van der Waals surface area (Å²) in [6.07, 6.45) is 0. The fraction of sp³-hybridized carbons (Fsp3) is 0.500. The Morgan fingerprint density at radius 1 is 1.35 bits per heavy atom. The first-order valence-electron chi connectivity index (χ1n) is 5.28. The second kappa shape index (κ2) is 5.88. The van der Waals surface area contributed by atoms with E-state index in [0.717, 1.165) is 6.54 Å². The first-order valence-corrected chi connectivity index (χ1v) is 5.28. The zero-order valence-electron chi connectivity index (χ0n) is 10.6. The van der Waals surface area contributed by atoms with Crippen LogP contribution in [0.2, 0.25) is 0 Å². The largest absolute Gasteiger partial charge is 0.354 e. The molecule has 0 aliphatic carbocycles. The van der Waals surface area contributed by atoms with Gasteiger partial charge in [0.15, 0.2) is 0 Å².